The molecule has 2 rings (SSSR count). The summed E-state index contributed by atoms with van der Waals surface area (Å²) in [4.78, 5) is 11.2. The van der Waals surface area contributed by atoms with Crippen LogP contribution in [0.3, 0.4) is 0 Å². The second kappa shape index (κ2) is 5.34. The molecule has 2 aromatic rings. The van der Waals surface area contributed by atoms with Crippen molar-refractivity contribution in [3.63, 3.8) is 0 Å². The molecular weight excluding hydrogens is 248 g/mol. The van der Waals surface area contributed by atoms with E-state index in [4.69, 9.17) is 11.6 Å². The van der Waals surface area contributed by atoms with Crippen LogP contribution in [0.5, 0.6) is 0 Å². The maximum Gasteiger partial charge on any atom is 0.159 e. The van der Waals surface area contributed by atoms with Gasteiger partial charge in [0.25, 0.3) is 0 Å². The van der Waals surface area contributed by atoms with E-state index in [0.29, 0.717) is 21.7 Å². The zero-order valence-electron chi connectivity index (χ0n) is 9.93. The lowest BCUT2D eigenvalue weighted by molar-refractivity contribution is 0.101. The monoisotopic (exact) mass is 260 g/mol. The topological polar surface area (TPSA) is 37.3 Å². The molecule has 0 heterocycles. The van der Waals surface area contributed by atoms with Crippen molar-refractivity contribution in [3.8, 4) is 0 Å². The Balaban J connectivity index is 2.32. The highest BCUT2D eigenvalue weighted by molar-refractivity contribution is 6.31. The summed E-state index contributed by atoms with van der Waals surface area (Å²) in [5.74, 6) is 0.00813. The van der Waals surface area contributed by atoms with Gasteiger partial charge in [-0.2, -0.15) is 0 Å². The highest BCUT2D eigenvalue weighted by Crippen LogP contribution is 2.28. The predicted molar refractivity (Wildman–Crippen MR) is 72.0 cm³/mol. The Bertz CT molecular complexity index is 561. The smallest absolute Gasteiger partial charge is 0.159 e. The third-order valence-corrected chi connectivity index (χ3v) is 3.18. The van der Waals surface area contributed by atoms with Gasteiger partial charge in [0, 0.05) is 16.1 Å². The molecule has 92 valence electrons. The van der Waals surface area contributed by atoms with E-state index in [1.165, 1.54) is 6.92 Å². The number of carbonyl (C=O) groups is 1. The van der Waals surface area contributed by atoms with Gasteiger partial charge in [0.2, 0.25) is 0 Å². The first-order valence-corrected chi connectivity index (χ1v) is 6.01. The van der Waals surface area contributed by atoms with Gasteiger partial charge in [-0.3, -0.25) is 4.79 Å². The molecule has 1 N–H and O–H groups in total. The van der Waals surface area contributed by atoms with Gasteiger partial charge in [-0.15, -0.1) is 0 Å². The Morgan fingerprint density at radius 1 is 1.11 bits per heavy atom. The summed E-state index contributed by atoms with van der Waals surface area (Å²) >= 11 is 6.04. The zero-order chi connectivity index (χ0) is 13.1. The first-order chi connectivity index (χ1) is 8.59. The molecule has 0 saturated heterocycles. The van der Waals surface area contributed by atoms with E-state index in [9.17, 15) is 9.90 Å². The highest BCUT2D eigenvalue weighted by atomic mass is 35.5. The van der Waals surface area contributed by atoms with Crippen LogP contribution in [-0.4, -0.2) is 10.9 Å². The maximum atomic E-state index is 11.2. The SMILES string of the molecule is CC(=O)c1ccc([C@@H](O)c2ccccc2Cl)cc1. The molecular formula is C15H13ClO2. The Hall–Kier alpha value is -1.64. The van der Waals surface area contributed by atoms with Gasteiger partial charge in [0.05, 0.1) is 0 Å². The Morgan fingerprint density at radius 2 is 1.72 bits per heavy atom. The summed E-state index contributed by atoms with van der Waals surface area (Å²) in [6, 6.07) is 14.1. The first-order valence-electron chi connectivity index (χ1n) is 5.63. The van der Waals surface area contributed by atoms with Crippen LogP contribution in [0.25, 0.3) is 0 Å². The van der Waals surface area contributed by atoms with Gasteiger partial charge in [0.15, 0.2) is 5.78 Å². The molecule has 2 nitrogen and oxygen atoms in total. The van der Waals surface area contributed by atoms with Crippen molar-refractivity contribution in [1.82, 2.24) is 0 Å². The second-order valence-corrected chi connectivity index (χ2v) is 4.51. The summed E-state index contributed by atoms with van der Waals surface area (Å²) in [5, 5.41) is 10.8. The van der Waals surface area contributed by atoms with Crippen LogP contribution in [0, 0.1) is 0 Å². The number of hydrogen-bond acceptors (Lipinski definition) is 2. The largest absolute Gasteiger partial charge is 0.384 e. The molecule has 0 unspecified atom stereocenters. The third-order valence-electron chi connectivity index (χ3n) is 2.83. The summed E-state index contributed by atoms with van der Waals surface area (Å²) in [7, 11) is 0. The number of Topliss-reactive ketones (excluding diaryl/α,β-unsaturated/α-hetero) is 1. The molecule has 2 aromatic carbocycles. The Morgan fingerprint density at radius 3 is 2.28 bits per heavy atom. The molecule has 0 radical (unpaired) electrons. The standard InChI is InChI=1S/C15H13ClO2/c1-10(17)11-6-8-12(9-7-11)15(18)13-4-2-3-5-14(13)16/h2-9,15,18H,1H3/t15-/m1/s1. The number of aliphatic hydroxyl groups is 1. The van der Waals surface area contributed by atoms with Gasteiger partial charge in [0.1, 0.15) is 6.10 Å². The Labute approximate surface area is 111 Å². The number of halogens is 1. The third kappa shape index (κ3) is 2.61. The predicted octanol–water partition coefficient (Wildman–Crippen LogP) is 3.62. The van der Waals surface area contributed by atoms with Crippen molar-refractivity contribution >= 4 is 17.4 Å². The zero-order valence-corrected chi connectivity index (χ0v) is 10.7. The molecule has 0 aromatic heterocycles. The molecule has 0 aliphatic rings. The van der Waals surface area contributed by atoms with E-state index >= 15 is 0 Å². The quantitative estimate of drug-likeness (QED) is 0.856. The molecule has 18 heavy (non-hydrogen) atoms. The number of rotatable bonds is 3. The Kier molecular flexibility index (Phi) is 3.80. The summed E-state index contributed by atoms with van der Waals surface area (Å²) < 4.78 is 0. The van der Waals surface area contributed by atoms with Gasteiger partial charge >= 0.3 is 0 Å². The lowest BCUT2D eigenvalue weighted by atomic mass is 10.00. The normalized spacial score (nSPS) is 12.2. The molecule has 0 spiro atoms. The fourth-order valence-electron chi connectivity index (χ4n) is 1.78. The fraction of sp³-hybridized carbons (Fsp3) is 0.133. The van der Waals surface area contributed by atoms with Gasteiger partial charge < -0.3 is 5.11 Å². The minimum Gasteiger partial charge on any atom is -0.384 e. The van der Waals surface area contributed by atoms with E-state index < -0.39 is 6.10 Å². The molecule has 0 fully saturated rings. The first kappa shape index (κ1) is 12.8. The van der Waals surface area contributed by atoms with Crippen molar-refractivity contribution in [3.05, 3.63) is 70.2 Å². The minimum atomic E-state index is -0.778. The number of hydrogen-bond donors (Lipinski definition) is 1. The molecule has 0 amide bonds. The van der Waals surface area contributed by atoms with Gasteiger partial charge in [-0.1, -0.05) is 54.1 Å². The van der Waals surface area contributed by atoms with Gasteiger partial charge in [-0.05, 0) is 18.6 Å². The van der Waals surface area contributed by atoms with Crippen LogP contribution >= 0.6 is 11.6 Å². The number of benzene rings is 2. The van der Waals surface area contributed by atoms with Crippen LogP contribution < -0.4 is 0 Å². The van der Waals surface area contributed by atoms with Gasteiger partial charge in [-0.25, -0.2) is 0 Å². The van der Waals surface area contributed by atoms with Crippen LogP contribution in [0.15, 0.2) is 48.5 Å². The number of ketones is 1. The average Bonchev–Trinajstić information content (AvgIpc) is 2.38. The van der Waals surface area contributed by atoms with Crippen LogP contribution in [-0.2, 0) is 0 Å². The second-order valence-electron chi connectivity index (χ2n) is 4.10. The van der Waals surface area contributed by atoms with E-state index in [2.05, 4.69) is 0 Å². The minimum absolute atomic E-state index is 0.00813. The van der Waals surface area contributed by atoms with Crippen molar-refractivity contribution in [2.75, 3.05) is 0 Å². The fourth-order valence-corrected chi connectivity index (χ4v) is 2.02. The highest BCUT2D eigenvalue weighted by Gasteiger charge is 2.13. The van der Waals surface area contributed by atoms with Crippen LogP contribution in [0.4, 0.5) is 0 Å². The van der Waals surface area contributed by atoms with Crippen molar-refractivity contribution in [1.29, 1.82) is 0 Å². The van der Waals surface area contributed by atoms with E-state index in [1.807, 2.05) is 12.1 Å². The van der Waals surface area contributed by atoms with Crippen molar-refractivity contribution in [2.24, 2.45) is 0 Å². The van der Waals surface area contributed by atoms with E-state index in [0.717, 1.165) is 0 Å². The van der Waals surface area contributed by atoms with E-state index in [1.54, 1.807) is 36.4 Å². The van der Waals surface area contributed by atoms with Crippen molar-refractivity contribution < 1.29 is 9.90 Å². The summed E-state index contributed by atoms with van der Waals surface area (Å²) in [6.07, 6.45) is -0.778. The maximum absolute atomic E-state index is 11.2. The molecule has 0 aliphatic heterocycles. The summed E-state index contributed by atoms with van der Waals surface area (Å²) in [5.41, 5.74) is 2.01. The van der Waals surface area contributed by atoms with E-state index in [-0.39, 0.29) is 5.78 Å². The number of aliphatic hydroxyl groups excluding tert-OH is 1. The van der Waals surface area contributed by atoms with Crippen LogP contribution in [0.1, 0.15) is 34.5 Å². The van der Waals surface area contributed by atoms with Crippen molar-refractivity contribution in [2.45, 2.75) is 13.0 Å². The molecule has 0 aliphatic carbocycles. The molecule has 0 saturated carbocycles. The lowest BCUT2D eigenvalue weighted by Gasteiger charge is -2.13. The summed E-state index contributed by atoms with van der Waals surface area (Å²) in [6.45, 7) is 1.51. The lowest BCUT2D eigenvalue weighted by Crippen LogP contribution is -2.01. The average molecular weight is 261 g/mol. The number of carbonyl (C=O) groups excluding carboxylic acids is 1. The van der Waals surface area contributed by atoms with Crippen LogP contribution in [0.2, 0.25) is 5.02 Å². The molecule has 3 heteroatoms. The molecule has 0 bridgehead atoms. The molecule has 1 atom stereocenters.